The summed E-state index contributed by atoms with van der Waals surface area (Å²) in [5, 5.41) is 12.6. The first kappa shape index (κ1) is 10.2. The molecule has 0 amide bonds. The van der Waals surface area contributed by atoms with Crippen molar-refractivity contribution in [2.75, 3.05) is 11.1 Å². The molecule has 0 bridgehead atoms. The molecule has 0 spiro atoms. The summed E-state index contributed by atoms with van der Waals surface area (Å²) in [6.07, 6.45) is 3.29. The first-order chi connectivity index (χ1) is 7.75. The van der Waals surface area contributed by atoms with Crippen LogP contribution in [0.15, 0.2) is 36.7 Å². The first-order valence-electron chi connectivity index (χ1n) is 4.84. The van der Waals surface area contributed by atoms with Gasteiger partial charge in [-0.25, -0.2) is 9.97 Å². The van der Waals surface area contributed by atoms with Crippen molar-refractivity contribution < 1.29 is 5.11 Å². The Hall–Kier alpha value is -2.30. The Morgan fingerprint density at radius 2 is 2.00 bits per heavy atom. The Morgan fingerprint density at radius 3 is 2.75 bits per heavy atom. The van der Waals surface area contributed by atoms with Crippen molar-refractivity contribution >= 4 is 11.6 Å². The first-order valence-corrected chi connectivity index (χ1v) is 4.84. The average molecular weight is 216 g/mol. The molecule has 4 N–H and O–H groups in total. The molecule has 0 saturated carbocycles. The van der Waals surface area contributed by atoms with Crippen molar-refractivity contribution in [2.45, 2.75) is 6.54 Å². The third-order valence-electron chi connectivity index (χ3n) is 2.11. The van der Waals surface area contributed by atoms with E-state index >= 15 is 0 Å². The molecule has 5 heteroatoms. The number of aromatic nitrogens is 2. The summed E-state index contributed by atoms with van der Waals surface area (Å²) < 4.78 is 0. The van der Waals surface area contributed by atoms with Crippen molar-refractivity contribution in [3.63, 3.8) is 0 Å². The molecule has 1 aromatic heterocycles. The maximum Gasteiger partial charge on any atom is 0.222 e. The normalized spacial score (nSPS) is 10.0. The monoisotopic (exact) mass is 216 g/mol. The van der Waals surface area contributed by atoms with E-state index in [1.165, 1.54) is 0 Å². The lowest BCUT2D eigenvalue weighted by atomic mass is 10.2. The number of hydrogen-bond acceptors (Lipinski definition) is 5. The number of nitrogens with zero attached hydrogens (tertiary/aromatic N) is 2. The van der Waals surface area contributed by atoms with Crippen molar-refractivity contribution in [2.24, 2.45) is 0 Å². The third-order valence-corrected chi connectivity index (χ3v) is 2.11. The van der Waals surface area contributed by atoms with Crippen molar-refractivity contribution in [3.05, 3.63) is 42.2 Å². The molecule has 5 nitrogen and oxygen atoms in total. The van der Waals surface area contributed by atoms with E-state index in [1.807, 2.05) is 0 Å². The SMILES string of the molecule is Nc1ccc(O)c(CNc2ncccn2)c1. The number of phenols is 1. The van der Waals surface area contributed by atoms with Crippen LogP contribution in [0.25, 0.3) is 0 Å². The topological polar surface area (TPSA) is 84.1 Å². The van der Waals surface area contributed by atoms with Crippen LogP contribution < -0.4 is 11.1 Å². The summed E-state index contributed by atoms with van der Waals surface area (Å²) >= 11 is 0. The second-order valence-corrected chi connectivity index (χ2v) is 3.31. The standard InChI is InChI=1S/C11H12N4O/c12-9-2-3-10(16)8(6-9)7-15-11-13-4-1-5-14-11/h1-6,16H,7,12H2,(H,13,14,15). The van der Waals surface area contributed by atoms with E-state index in [-0.39, 0.29) is 5.75 Å². The number of benzene rings is 1. The number of nitrogens with two attached hydrogens (primary N) is 1. The van der Waals surface area contributed by atoms with Crippen LogP contribution in [-0.4, -0.2) is 15.1 Å². The summed E-state index contributed by atoms with van der Waals surface area (Å²) in [7, 11) is 0. The second kappa shape index (κ2) is 4.48. The predicted octanol–water partition coefficient (Wildman–Crippen LogP) is 1.38. The van der Waals surface area contributed by atoms with Gasteiger partial charge in [0.15, 0.2) is 0 Å². The van der Waals surface area contributed by atoms with E-state index in [9.17, 15) is 5.11 Å². The molecular formula is C11H12N4O. The fraction of sp³-hybridized carbons (Fsp3) is 0.0909. The number of nitrogens with one attached hydrogen (secondary N) is 1. The molecule has 0 aliphatic heterocycles. The minimum absolute atomic E-state index is 0.206. The van der Waals surface area contributed by atoms with Gasteiger partial charge >= 0.3 is 0 Å². The van der Waals surface area contributed by atoms with E-state index in [2.05, 4.69) is 15.3 Å². The lowest BCUT2D eigenvalue weighted by molar-refractivity contribution is 0.469. The molecule has 16 heavy (non-hydrogen) atoms. The fourth-order valence-electron chi connectivity index (χ4n) is 1.31. The van der Waals surface area contributed by atoms with Gasteiger partial charge in [0.2, 0.25) is 5.95 Å². The highest BCUT2D eigenvalue weighted by Gasteiger charge is 2.02. The summed E-state index contributed by atoms with van der Waals surface area (Å²) in [5.74, 6) is 0.724. The molecule has 0 atom stereocenters. The molecule has 2 rings (SSSR count). The quantitative estimate of drug-likeness (QED) is 0.533. The lowest BCUT2D eigenvalue weighted by Gasteiger charge is -2.07. The van der Waals surface area contributed by atoms with Gasteiger partial charge in [-0.15, -0.1) is 0 Å². The number of hydrogen-bond donors (Lipinski definition) is 3. The van der Waals surface area contributed by atoms with E-state index in [1.54, 1.807) is 36.7 Å². The smallest absolute Gasteiger partial charge is 0.222 e. The third kappa shape index (κ3) is 2.38. The molecule has 1 heterocycles. The number of rotatable bonds is 3. The summed E-state index contributed by atoms with van der Waals surface area (Å²) in [4.78, 5) is 8.02. The molecule has 82 valence electrons. The Labute approximate surface area is 93.0 Å². The summed E-state index contributed by atoms with van der Waals surface area (Å²) in [6, 6.07) is 6.67. The van der Waals surface area contributed by atoms with Gasteiger partial charge in [-0.05, 0) is 24.3 Å². The molecule has 0 fully saturated rings. The van der Waals surface area contributed by atoms with Gasteiger partial charge in [0, 0.05) is 30.2 Å². The molecular weight excluding hydrogens is 204 g/mol. The van der Waals surface area contributed by atoms with Crippen LogP contribution in [0.2, 0.25) is 0 Å². The van der Waals surface area contributed by atoms with E-state index in [0.717, 1.165) is 0 Å². The van der Waals surface area contributed by atoms with Gasteiger partial charge in [-0.2, -0.15) is 0 Å². The van der Waals surface area contributed by atoms with Gasteiger partial charge in [0.25, 0.3) is 0 Å². The number of anilines is 2. The zero-order valence-corrected chi connectivity index (χ0v) is 8.59. The molecule has 1 aromatic carbocycles. The van der Waals surface area contributed by atoms with Gasteiger partial charge in [-0.1, -0.05) is 0 Å². The molecule has 0 saturated heterocycles. The summed E-state index contributed by atoms with van der Waals surface area (Å²) in [6.45, 7) is 0.431. The fourth-order valence-corrected chi connectivity index (χ4v) is 1.31. The molecule has 0 radical (unpaired) electrons. The Kier molecular flexibility index (Phi) is 2.86. The van der Waals surface area contributed by atoms with Crippen LogP contribution >= 0.6 is 0 Å². The van der Waals surface area contributed by atoms with Gasteiger partial charge in [0.1, 0.15) is 5.75 Å². The lowest BCUT2D eigenvalue weighted by Crippen LogP contribution is -2.03. The van der Waals surface area contributed by atoms with Gasteiger partial charge < -0.3 is 16.2 Å². The van der Waals surface area contributed by atoms with Crippen molar-refractivity contribution in [3.8, 4) is 5.75 Å². The average Bonchev–Trinajstić information content (AvgIpc) is 2.32. The number of aromatic hydroxyl groups is 1. The summed E-state index contributed by atoms with van der Waals surface area (Å²) in [5.41, 5.74) is 6.96. The van der Waals surface area contributed by atoms with Gasteiger partial charge in [0.05, 0.1) is 0 Å². The van der Waals surface area contributed by atoms with Crippen molar-refractivity contribution in [1.82, 2.24) is 9.97 Å². The van der Waals surface area contributed by atoms with E-state index in [4.69, 9.17) is 5.73 Å². The molecule has 0 aliphatic carbocycles. The number of nitrogen functional groups attached to an aromatic ring is 1. The largest absolute Gasteiger partial charge is 0.508 e. The van der Waals surface area contributed by atoms with Crippen molar-refractivity contribution in [1.29, 1.82) is 0 Å². The minimum atomic E-state index is 0.206. The maximum absolute atomic E-state index is 9.58. The van der Waals surface area contributed by atoms with E-state index < -0.39 is 0 Å². The maximum atomic E-state index is 9.58. The van der Waals surface area contributed by atoms with Crippen LogP contribution in [0.1, 0.15) is 5.56 Å². The molecule has 0 unspecified atom stereocenters. The second-order valence-electron chi connectivity index (χ2n) is 3.31. The minimum Gasteiger partial charge on any atom is -0.508 e. The zero-order valence-electron chi connectivity index (χ0n) is 8.59. The Morgan fingerprint density at radius 1 is 1.25 bits per heavy atom. The van der Waals surface area contributed by atoms with Crippen LogP contribution in [0.5, 0.6) is 5.75 Å². The molecule has 0 aliphatic rings. The highest BCUT2D eigenvalue weighted by molar-refractivity contribution is 5.48. The van der Waals surface area contributed by atoms with E-state index in [0.29, 0.717) is 23.7 Å². The number of phenolic OH excluding ortho intramolecular Hbond substituents is 1. The van der Waals surface area contributed by atoms with Crippen LogP contribution in [0.4, 0.5) is 11.6 Å². The van der Waals surface area contributed by atoms with Crippen LogP contribution in [-0.2, 0) is 6.54 Å². The highest BCUT2D eigenvalue weighted by Crippen LogP contribution is 2.20. The van der Waals surface area contributed by atoms with Gasteiger partial charge in [-0.3, -0.25) is 0 Å². The van der Waals surface area contributed by atoms with Crippen LogP contribution in [0, 0.1) is 0 Å². The highest BCUT2D eigenvalue weighted by atomic mass is 16.3. The zero-order chi connectivity index (χ0) is 11.4. The predicted molar refractivity (Wildman–Crippen MR) is 61.9 cm³/mol. The van der Waals surface area contributed by atoms with Crippen LogP contribution in [0.3, 0.4) is 0 Å². The molecule has 2 aromatic rings. The Balaban J connectivity index is 2.08. The Bertz CT molecular complexity index is 473.